The third-order valence-electron chi connectivity index (χ3n) is 6.08. The van der Waals surface area contributed by atoms with Gasteiger partial charge in [0.2, 0.25) is 0 Å². The van der Waals surface area contributed by atoms with Crippen molar-refractivity contribution >= 4 is 29.1 Å². The second-order valence-electron chi connectivity index (χ2n) is 8.40. The highest BCUT2D eigenvalue weighted by molar-refractivity contribution is 7.09. The standard InChI is InChI=1S/C25H28N4O5S/c1-16-21(22(28-34-16)17-7-4-3-5-8-17)25(32)29-13-10-18(11-14-29)24-27-19(15-35-24)23(31)26-12-6-9-20(30)33-2/h3-5,7-8,15,18H,6,9-14H2,1-2H3,(H,26,31). The van der Waals surface area contributed by atoms with Crippen LogP contribution >= 0.6 is 11.3 Å². The largest absolute Gasteiger partial charge is 0.469 e. The second kappa shape index (κ2) is 11.3. The number of rotatable bonds is 8. The minimum Gasteiger partial charge on any atom is -0.469 e. The fourth-order valence-corrected chi connectivity index (χ4v) is 5.08. The summed E-state index contributed by atoms with van der Waals surface area (Å²) in [6.45, 7) is 3.33. The van der Waals surface area contributed by atoms with E-state index in [9.17, 15) is 14.4 Å². The molecule has 1 fully saturated rings. The van der Waals surface area contributed by atoms with Crippen LogP contribution in [0.4, 0.5) is 0 Å². The van der Waals surface area contributed by atoms with Gasteiger partial charge < -0.3 is 19.5 Å². The zero-order valence-corrected chi connectivity index (χ0v) is 20.6. The quantitative estimate of drug-likeness (QED) is 0.372. The summed E-state index contributed by atoms with van der Waals surface area (Å²) >= 11 is 1.47. The van der Waals surface area contributed by atoms with Gasteiger partial charge in [-0.3, -0.25) is 14.4 Å². The fraction of sp³-hybridized carbons (Fsp3) is 0.400. The molecule has 0 aliphatic carbocycles. The van der Waals surface area contributed by atoms with Crippen molar-refractivity contribution in [3.63, 3.8) is 0 Å². The van der Waals surface area contributed by atoms with Crippen molar-refractivity contribution < 1.29 is 23.6 Å². The number of carbonyl (C=O) groups is 3. The average molecular weight is 497 g/mol. The molecule has 0 unspecified atom stereocenters. The van der Waals surface area contributed by atoms with Crippen LogP contribution in [0.15, 0.2) is 40.2 Å². The summed E-state index contributed by atoms with van der Waals surface area (Å²) in [4.78, 5) is 43.2. The molecule has 10 heteroatoms. The smallest absolute Gasteiger partial charge is 0.305 e. The number of hydrogen-bond acceptors (Lipinski definition) is 8. The molecule has 1 N–H and O–H groups in total. The van der Waals surface area contributed by atoms with E-state index in [0.717, 1.165) is 23.4 Å². The molecule has 0 bridgehead atoms. The lowest BCUT2D eigenvalue weighted by Crippen LogP contribution is -2.38. The lowest BCUT2D eigenvalue weighted by atomic mass is 9.96. The molecule has 4 rings (SSSR count). The van der Waals surface area contributed by atoms with Gasteiger partial charge in [0.25, 0.3) is 11.8 Å². The number of methoxy groups -OCH3 is 1. The molecule has 3 aromatic rings. The van der Waals surface area contributed by atoms with Gasteiger partial charge in [-0.05, 0) is 26.2 Å². The van der Waals surface area contributed by atoms with E-state index >= 15 is 0 Å². The van der Waals surface area contributed by atoms with Crippen LogP contribution in [0.1, 0.15) is 63.2 Å². The molecular weight excluding hydrogens is 468 g/mol. The van der Waals surface area contributed by atoms with Gasteiger partial charge in [-0.2, -0.15) is 0 Å². The predicted molar refractivity (Wildman–Crippen MR) is 130 cm³/mol. The number of piperidine rings is 1. The van der Waals surface area contributed by atoms with Crippen LogP contribution < -0.4 is 5.32 Å². The topological polar surface area (TPSA) is 115 Å². The molecule has 1 saturated heterocycles. The first-order chi connectivity index (χ1) is 17.0. The Morgan fingerprint density at radius 3 is 2.66 bits per heavy atom. The molecule has 3 heterocycles. The van der Waals surface area contributed by atoms with Gasteiger partial charge in [-0.25, -0.2) is 4.98 Å². The van der Waals surface area contributed by atoms with E-state index < -0.39 is 0 Å². The first-order valence-electron chi connectivity index (χ1n) is 11.6. The Balaban J connectivity index is 1.33. The van der Waals surface area contributed by atoms with E-state index in [1.807, 2.05) is 35.2 Å². The summed E-state index contributed by atoms with van der Waals surface area (Å²) < 4.78 is 9.96. The lowest BCUT2D eigenvalue weighted by Gasteiger charge is -2.31. The van der Waals surface area contributed by atoms with Crippen molar-refractivity contribution in [2.24, 2.45) is 0 Å². The maximum Gasteiger partial charge on any atom is 0.305 e. The van der Waals surface area contributed by atoms with Gasteiger partial charge in [0.05, 0.1) is 12.1 Å². The predicted octanol–water partition coefficient (Wildman–Crippen LogP) is 3.81. The minimum absolute atomic E-state index is 0.0767. The van der Waals surface area contributed by atoms with Crippen LogP contribution in [-0.4, -0.2) is 59.6 Å². The summed E-state index contributed by atoms with van der Waals surface area (Å²) in [6.07, 6.45) is 2.31. The number of benzene rings is 1. The van der Waals surface area contributed by atoms with Crippen LogP contribution in [0.2, 0.25) is 0 Å². The van der Waals surface area contributed by atoms with E-state index in [0.29, 0.717) is 48.8 Å². The fourth-order valence-electron chi connectivity index (χ4n) is 4.11. The highest BCUT2D eigenvalue weighted by Crippen LogP contribution is 2.32. The maximum absolute atomic E-state index is 13.3. The summed E-state index contributed by atoms with van der Waals surface area (Å²) in [6, 6.07) is 9.56. The number of ether oxygens (including phenoxy) is 1. The number of likely N-dealkylation sites (tertiary alicyclic amines) is 1. The van der Waals surface area contributed by atoms with Gasteiger partial charge in [-0.1, -0.05) is 35.5 Å². The third-order valence-corrected chi connectivity index (χ3v) is 7.09. The maximum atomic E-state index is 13.3. The van der Waals surface area contributed by atoms with Gasteiger partial charge in [-0.15, -0.1) is 11.3 Å². The normalized spacial score (nSPS) is 14.1. The molecule has 1 aliphatic rings. The van der Waals surface area contributed by atoms with Crippen molar-refractivity contribution in [1.29, 1.82) is 0 Å². The summed E-state index contributed by atoms with van der Waals surface area (Å²) in [5, 5.41) is 9.58. The van der Waals surface area contributed by atoms with Gasteiger partial charge in [0.15, 0.2) is 0 Å². The number of amides is 2. The first-order valence-corrected chi connectivity index (χ1v) is 12.5. The Labute approximate surface area is 207 Å². The Bertz CT molecular complexity index is 1180. The van der Waals surface area contributed by atoms with Crippen molar-refractivity contribution in [2.75, 3.05) is 26.7 Å². The molecule has 184 valence electrons. The summed E-state index contributed by atoms with van der Waals surface area (Å²) in [7, 11) is 1.34. The number of aryl methyl sites for hydroxylation is 1. The number of thiazole rings is 1. The van der Waals surface area contributed by atoms with Crippen molar-refractivity contribution in [3.8, 4) is 11.3 Å². The SMILES string of the molecule is COC(=O)CCCNC(=O)c1csc(C2CCN(C(=O)c3c(-c4ccccc4)noc3C)CC2)n1. The number of hydrogen-bond donors (Lipinski definition) is 1. The average Bonchev–Trinajstić information content (AvgIpc) is 3.54. The van der Waals surface area contributed by atoms with Gasteiger partial charge >= 0.3 is 5.97 Å². The molecule has 0 saturated carbocycles. The number of esters is 1. The number of nitrogens with zero attached hydrogens (tertiary/aromatic N) is 3. The molecule has 2 amide bonds. The highest BCUT2D eigenvalue weighted by Gasteiger charge is 2.30. The zero-order valence-electron chi connectivity index (χ0n) is 19.8. The molecule has 0 spiro atoms. The number of aromatic nitrogens is 2. The van der Waals surface area contributed by atoms with E-state index in [1.54, 1.807) is 12.3 Å². The Kier molecular flexibility index (Phi) is 7.91. The third kappa shape index (κ3) is 5.76. The molecule has 1 aromatic carbocycles. The van der Waals surface area contributed by atoms with E-state index in [-0.39, 0.29) is 30.1 Å². The van der Waals surface area contributed by atoms with Crippen LogP contribution in [0.25, 0.3) is 11.3 Å². The van der Waals surface area contributed by atoms with Crippen LogP contribution in [0, 0.1) is 6.92 Å². The summed E-state index contributed by atoms with van der Waals surface area (Å²) in [5.41, 5.74) is 2.31. The second-order valence-corrected chi connectivity index (χ2v) is 9.29. The molecule has 0 radical (unpaired) electrons. The van der Waals surface area contributed by atoms with Gasteiger partial charge in [0.1, 0.15) is 22.7 Å². The van der Waals surface area contributed by atoms with E-state index in [1.165, 1.54) is 18.4 Å². The molecule has 35 heavy (non-hydrogen) atoms. The zero-order chi connectivity index (χ0) is 24.8. The van der Waals surface area contributed by atoms with Crippen molar-refractivity contribution in [3.05, 3.63) is 57.7 Å². The Morgan fingerprint density at radius 1 is 1.20 bits per heavy atom. The Hall–Kier alpha value is -3.53. The molecule has 2 aromatic heterocycles. The molecule has 0 atom stereocenters. The van der Waals surface area contributed by atoms with Crippen molar-refractivity contribution in [1.82, 2.24) is 20.4 Å². The number of carbonyl (C=O) groups excluding carboxylic acids is 3. The van der Waals surface area contributed by atoms with Crippen LogP contribution in [0.5, 0.6) is 0 Å². The minimum atomic E-state index is -0.296. The van der Waals surface area contributed by atoms with Crippen LogP contribution in [-0.2, 0) is 9.53 Å². The monoisotopic (exact) mass is 496 g/mol. The number of nitrogens with one attached hydrogen (secondary N) is 1. The summed E-state index contributed by atoms with van der Waals surface area (Å²) in [5.74, 6) is 0.0873. The highest BCUT2D eigenvalue weighted by atomic mass is 32.1. The molecule has 1 aliphatic heterocycles. The van der Waals surface area contributed by atoms with E-state index in [2.05, 4.69) is 20.2 Å². The van der Waals surface area contributed by atoms with Crippen molar-refractivity contribution in [2.45, 2.75) is 38.5 Å². The lowest BCUT2D eigenvalue weighted by molar-refractivity contribution is -0.140. The van der Waals surface area contributed by atoms with Gasteiger partial charge in [0, 0.05) is 42.9 Å². The molecule has 9 nitrogen and oxygen atoms in total. The van der Waals surface area contributed by atoms with Crippen LogP contribution in [0.3, 0.4) is 0 Å². The Morgan fingerprint density at radius 2 is 1.94 bits per heavy atom. The van der Waals surface area contributed by atoms with E-state index in [4.69, 9.17) is 4.52 Å². The first kappa shape index (κ1) is 24.6. The molecular formula is C25H28N4O5S.